The van der Waals surface area contributed by atoms with Crippen molar-refractivity contribution in [2.24, 2.45) is 4.99 Å². The Morgan fingerprint density at radius 1 is 1.23 bits per heavy atom. The second-order valence-corrected chi connectivity index (χ2v) is 6.39. The van der Waals surface area contributed by atoms with Crippen molar-refractivity contribution in [1.29, 1.82) is 0 Å². The molecule has 0 unspecified atom stereocenters. The fraction of sp³-hybridized carbons (Fsp3) is 0.409. The van der Waals surface area contributed by atoms with Crippen LogP contribution in [0, 0.1) is 5.82 Å². The van der Waals surface area contributed by atoms with Crippen LogP contribution in [0.3, 0.4) is 0 Å². The number of hydrogen-bond donors (Lipinski definition) is 1. The highest BCUT2D eigenvalue weighted by Gasteiger charge is 2.20. The standard InChI is InChI=1S/C22H30FN3/c1-5-7-12-25-17(3)22(18(4)26-15-13-24-14-16-26)19(6-2)20-10-8-9-11-21(20)23/h6-12,24H,5,13-16H2,1-4H3/b12-7+,19-6-,22-18-,25-17+. The van der Waals surface area contributed by atoms with Crippen molar-refractivity contribution in [3.05, 3.63) is 65.3 Å². The van der Waals surface area contributed by atoms with Crippen LogP contribution in [-0.2, 0) is 0 Å². The number of hydrogen-bond acceptors (Lipinski definition) is 3. The van der Waals surface area contributed by atoms with Crippen molar-refractivity contribution >= 4 is 11.3 Å². The first kappa shape index (κ1) is 20.1. The van der Waals surface area contributed by atoms with E-state index in [-0.39, 0.29) is 5.82 Å². The largest absolute Gasteiger partial charge is 0.372 e. The van der Waals surface area contributed by atoms with Crippen LogP contribution in [0.1, 0.15) is 39.7 Å². The molecule has 0 bridgehead atoms. The van der Waals surface area contributed by atoms with Gasteiger partial charge in [-0.15, -0.1) is 0 Å². The summed E-state index contributed by atoms with van der Waals surface area (Å²) in [6.07, 6.45) is 6.80. The molecular formula is C22H30FN3. The monoisotopic (exact) mass is 355 g/mol. The van der Waals surface area contributed by atoms with Gasteiger partial charge in [-0.05, 0) is 38.8 Å². The van der Waals surface area contributed by atoms with Crippen molar-refractivity contribution < 1.29 is 4.39 Å². The molecule has 0 saturated carbocycles. The van der Waals surface area contributed by atoms with E-state index in [2.05, 4.69) is 29.1 Å². The molecule has 1 aromatic rings. The van der Waals surface area contributed by atoms with Gasteiger partial charge < -0.3 is 10.2 Å². The molecule has 0 aliphatic carbocycles. The molecule has 1 N–H and O–H groups in total. The van der Waals surface area contributed by atoms with Crippen LogP contribution in [0.25, 0.3) is 5.57 Å². The highest BCUT2D eigenvalue weighted by molar-refractivity contribution is 6.12. The molecule has 1 aromatic carbocycles. The summed E-state index contributed by atoms with van der Waals surface area (Å²) in [6.45, 7) is 12.0. The van der Waals surface area contributed by atoms with Crippen LogP contribution >= 0.6 is 0 Å². The molecule has 1 aliphatic rings. The van der Waals surface area contributed by atoms with Gasteiger partial charge in [0.05, 0.1) is 0 Å². The normalized spacial score (nSPS) is 17.7. The Labute approximate surface area is 157 Å². The van der Waals surface area contributed by atoms with Crippen LogP contribution in [0.4, 0.5) is 4.39 Å². The van der Waals surface area contributed by atoms with E-state index in [1.165, 1.54) is 6.07 Å². The number of allylic oxidation sites excluding steroid dienone is 5. The van der Waals surface area contributed by atoms with Gasteiger partial charge in [0.15, 0.2) is 0 Å². The fourth-order valence-corrected chi connectivity index (χ4v) is 3.26. The van der Waals surface area contributed by atoms with E-state index >= 15 is 0 Å². The maximum atomic E-state index is 14.5. The molecule has 3 nitrogen and oxygen atoms in total. The summed E-state index contributed by atoms with van der Waals surface area (Å²) in [7, 11) is 0. The van der Waals surface area contributed by atoms with E-state index in [0.717, 1.165) is 55.2 Å². The quantitative estimate of drug-likeness (QED) is 0.587. The highest BCUT2D eigenvalue weighted by Crippen LogP contribution is 2.30. The summed E-state index contributed by atoms with van der Waals surface area (Å²) in [6, 6.07) is 6.96. The van der Waals surface area contributed by atoms with Crippen LogP contribution in [0.5, 0.6) is 0 Å². The molecule has 26 heavy (non-hydrogen) atoms. The summed E-state index contributed by atoms with van der Waals surface area (Å²) in [5.74, 6) is -0.205. The lowest BCUT2D eigenvalue weighted by Gasteiger charge is -2.32. The maximum absolute atomic E-state index is 14.5. The zero-order valence-corrected chi connectivity index (χ0v) is 16.3. The van der Waals surface area contributed by atoms with E-state index in [0.29, 0.717) is 5.56 Å². The Morgan fingerprint density at radius 3 is 2.54 bits per heavy atom. The fourth-order valence-electron chi connectivity index (χ4n) is 3.26. The smallest absolute Gasteiger partial charge is 0.131 e. The van der Waals surface area contributed by atoms with Crippen molar-refractivity contribution in [3.8, 4) is 0 Å². The van der Waals surface area contributed by atoms with Gasteiger partial charge in [-0.1, -0.05) is 37.3 Å². The third-order valence-corrected chi connectivity index (χ3v) is 4.65. The minimum absolute atomic E-state index is 0.205. The van der Waals surface area contributed by atoms with Crippen LogP contribution < -0.4 is 5.32 Å². The second kappa shape index (κ2) is 10.1. The van der Waals surface area contributed by atoms with Gasteiger partial charge in [0.1, 0.15) is 5.82 Å². The minimum Gasteiger partial charge on any atom is -0.372 e. The summed E-state index contributed by atoms with van der Waals surface area (Å²) < 4.78 is 14.5. The molecule has 1 saturated heterocycles. The van der Waals surface area contributed by atoms with E-state index in [1.807, 2.05) is 44.3 Å². The summed E-state index contributed by atoms with van der Waals surface area (Å²) in [5.41, 5.74) is 4.58. The third kappa shape index (κ3) is 4.92. The molecule has 2 rings (SSSR count). The first-order valence-corrected chi connectivity index (χ1v) is 9.38. The van der Waals surface area contributed by atoms with Gasteiger partial charge in [0.2, 0.25) is 0 Å². The van der Waals surface area contributed by atoms with Crippen molar-refractivity contribution in [2.75, 3.05) is 26.2 Å². The lowest BCUT2D eigenvalue weighted by atomic mass is 9.92. The molecule has 1 fully saturated rings. The molecular weight excluding hydrogens is 325 g/mol. The average molecular weight is 356 g/mol. The van der Waals surface area contributed by atoms with Crippen LogP contribution in [0.2, 0.25) is 0 Å². The number of nitrogens with zero attached hydrogens (tertiary/aromatic N) is 2. The van der Waals surface area contributed by atoms with E-state index < -0.39 is 0 Å². The molecule has 1 aliphatic heterocycles. The number of halogens is 1. The van der Waals surface area contributed by atoms with Crippen molar-refractivity contribution in [3.63, 3.8) is 0 Å². The molecule has 4 heteroatoms. The Hall–Kier alpha value is -2.20. The van der Waals surface area contributed by atoms with Gasteiger partial charge >= 0.3 is 0 Å². The molecule has 1 heterocycles. The first-order chi connectivity index (χ1) is 12.6. The number of rotatable bonds is 6. The maximum Gasteiger partial charge on any atom is 0.131 e. The molecule has 0 spiro atoms. The van der Waals surface area contributed by atoms with Gasteiger partial charge in [-0.3, -0.25) is 4.99 Å². The van der Waals surface area contributed by atoms with Gasteiger partial charge in [-0.25, -0.2) is 4.39 Å². The molecule has 0 aromatic heterocycles. The van der Waals surface area contributed by atoms with E-state index in [4.69, 9.17) is 0 Å². The predicted molar refractivity (Wildman–Crippen MR) is 110 cm³/mol. The first-order valence-electron chi connectivity index (χ1n) is 9.38. The molecule has 0 atom stereocenters. The van der Waals surface area contributed by atoms with Crippen molar-refractivity contribution in [1.82, 2.24) is 10.2 Å². The molecule has 0 radical (unpaired) electrons. The van der Waals surface area contributed by atoms with Gasteiger partial charge in [0, 0.05) is 54.9 Å². The lowest BCUT2D eigenvalue weighted by Crippen LogP contribution is -2.43. The summed E-state index contributed by atoms with van der Waals surface area (Å²) in [5, 5.41) is 3.38. The zero-order valence-electron chi connectivity index (χ0n) is 16.3. The zero-order chi connectivity index (χ0) is 18.9. The van der Waals surface area contributed by atoms with Crippen LogP contribution in [0.15, 0.2) is 58.9 Å². The van der Waals surface area contributed by atoms with Crippen LogP contribution in [-0.4, -0.2) is 36.8 Å². The molecule has 140 valence electrons. The Kier molecular flexibility index (Phi) is 7.79. The predicted octanol–water partition coefficient (Wildman–Crippen LogP) is 4.79. The summed E-state index contributed by atoms with van der Waals surface area (Å²) >= 11 is 0. The lowest BCUT2D eigenvalue weighted by molar-refractivity contribution is 0.299. The number of nitrogens with one attached hydrogen (secondary N) is 1. The number of aliphatic imine (C=N–C) groups is 1. The Balaban J connectivity index is 2.57. The van der Waals surface area contributed by atoms with Gasteiger partial charge in [0.25, 0.3) is 0 Å². The topological polar surface area (TPSA) is 27.6 Å². The second-order valence-electron chi connectivity index (χ2n) is 6.39. The van der Waals surface area contributed by atoms with Crippen molar-refractivity contribution in [2.45, 2.75) is 34.1 Å². The Morgan fingerprint density at radius 2 is 1.92 bits per heavy atom. The van der Waals surface area contributed by atoms with Gasteiger partial charge in [-0.2, -0.15) is 0 Å². The average Bonchev–Trinajstić information content (AvgIpc) is 2.67. The summed E-state index contributed by atoms with van der Waals surface area (Å²) in [4.78, 5) is 6.99. The SMILES string of the molecule is C\C=C(C(/C(C)=N/C=C/CC)=C(/C)N1CCNCC1)\c1ccccc1F. The highest BCUT2D eigenvalue weighted by atomic mass is 19.1. The van der Waals surface area contributed by atoms with E-state index in [1.54, 1.807) is 6.07 Å². The number of benzene rings is 1. The molecule has 0 amide bonds. The van der Waals surface area contributed by atoms with E-state index in [9.17, 15) is 4.39 Å². The number of piperazine rings is 1. The Bertz CT molecular complexity index is 723. The third-order valence-electron chi connectivity index (χ3n) is 4.65. The minimum atomic E-state index is -0.205.